The minimum absolute atomic E-state index is 0.158. The van der Waals surface area contributed by atoms with Gasteiger partial charge in [0.2, 0.25) is 0 Å². The minimum atomic E-state index is -0.200. The third-order valence-corrected chi connectivity index (χ3v) is 12.7. The summed E-state index contributed by atoms with van der Waals surface area (Å²) in [5.74, 6) is 1.79. The lowest BCUT2D eigenvalue weighted by molar-refractivity contribution is 0.409. The van der Waals surface area contributed by atoms with E-state index in [1.54, 1.807) is 0 Å². The van der Waals surface area contributed by atoms with Crippen molar-refractivity contribution in [3.05, 3.63) is 253 Å². The second-order valence-corrected chi connectivity index (χ2v) is 16.6. The Bertz CT molecular complexity index is 3520. The van der Waals surface area contributed by atoms with E-state index < -0.39 is 0 Å². The van der Waals surface area contributed by atoms with Crippen LogP contribution in [0.5, 0.6) is 0 Å². The van der Waals surface area contributed by atoms with Gasteiger partial charge in [-0.3, -0.25) is 9.88 Å². The van der Waals surface area contributed by atoms with Crippen molar-refractivity contribution in [1.29, 1.82) is 0 Å². The summed E-state index contributed by atoms with van der Waals surface area (Å²) in [6.45, 7) is 0. The normalized spacial score (nSPS) is 14.9. The van der Waals surface area contributed by atoms with E-state index in [-0.39, 0.29) is 12.3 Å². The number of hydrogen-bond acceptors (Lipinski definition) is 4. The molecule has 1 aliphatic rings. The summed E-state index contributed by atoms with van der Waals surface area (Å²) in [7, 11) is 0. The van der Waals surface area contributed by atoms with Gasteiger partial charge in [0.1, 0.15) is 24.0 Å². The van der Waals surface area contributed by atoms with Crippen molar-refractivity contribution in [3.63, 3.8) is 0 Å². The van der Waals surface area contributed by atoms with Gasteiger partial charge in [-0.2, -0.15) is 0 Å². The van der Waals surface area contributed by atoms with E-state index in [1.165, 1.54) is 43.8 Å². The summed E-state index contributed by atoms with van der Waals surface area (Å²) in [6, 6.07) is 84.4. The van der Waals surface area contributed by atoms with Gasteiger partial charge in [-0.15, -0.1) is 0 Å². The number of fused-ring (bicyclic) bond motifs is 3. The molecule has 1 aromatic heterocycles. The molecule has 1 aliphatic heterocycles. The molecule has 5 heteroatoms. The van der Waals surface area contributed by atoms with Crippen molar-refractivity contribution < 1.29 is 0 Å². The van der Waals surface area contributed by atoms with E-state index in [2.05, 4.69) is 240 Å². The van der Waals surface area contributed by atoms with Crippen LogP contribution in [0, 0.1) is 0 Å². The van der Waals surface area contributed by atoms with Crippen LogP contribution in [0.1, 0.15) is 29.0 Å². The lowest BCUT2D eigenvalue weighted by Gasteiger charge is -2.32. The van der Waals surface area contributed by atoms with Gasteiger partial charge in [0.05, 0.1) is 11.0 Å². The van der Waals surface area contributed by atoms with Crippen LogP contribution in [-0.2, 0) is 0 Å². The van der Waals surface area contributed by atoms with E-state index >= 15 is 0 Å². The van der Waals surface area contributed by atoms with Crippen LogP contribution >= 0.6 is 0 Å². The summed E-state index contributed by atoms with van der Waals surface area (Å²) in [5, 5.41) is 12.3. The third kappa shape index (κ3) is 7.05. The van der Waals surface area contributed by atoms with Crippen LogP contribution in [0.15, 0.2) is 242 Å². The number of nitrogens with zero attached hydrogens (tertiary/aromatic N) is 3. The lowest BCUT2D eigenvalue weighted by atomic mass is 9.83. The zero-order valence-electron chi connectivity index (χ0n) is 35.5. The zero-order chi connectivity index (χ0) is 43.1. The van der Waals surface area contributed by atoms with Gasteiger partial charge in [0, 0.05) is 16.8 Å². The van der Waals surface area contributed by atoms with Crippen molar-refractivity contribution in [2.75, 3.05) is 0 Å². The maximum atomic E-state index is 5.17. The molecule has 0 amide bonds. The molecule has 2 heterocycles. The maximum absolute atomic E-state index is 5.17. The molecule has 65 heavy (non-hydrogen) atoms. The van der Waals surface area contributed by atoms with E-state index in [4.69, 9.17) is 9.98 Å². The molecule has 0 saturated heterocycles. The maximum Gasteiger partial charge on any atom is 0.145 e. The molecular weight excluding hydrogens is 791 g/mol. The van der Waals surface area contributed by atoms with Crippen molar-refractivity contribution in [1.82, 2.24) is 20.2 Å². The number of aliphatic imine (C=N–C) groups is 1. The minimum Gasteiger partial charge on any atom is -0.350 e. The first kappa shape index (κ1) is 38.3. The summed E-state index contributed by atoms with van der Waals surface area (Å²) >= 11 is 0. The molecule has 0 aliphatic carbocycles. The Morgan fingerprint density at radius 3 is 1.57 bits per heavy atom. The smallest absolute Gasteiger partial charge is 0.145 e. The van der Waals surface area contributed by atoms with Crippen LogP contribution < -0.4 is 10.6 Å². The summed E-state index contributed by atoms with van der Waals surface area (Å²) < 4.78 is 2.26. The fourth-order valence-electron chi connectivity index (χ4n) is 9.55. The fraction of sp³-hybridized carbons (Fsp3) is 0.0333. The standard InChI is InChI=1S/C60H43N5/c1-4-18-44(19-5-1)57-62-58(45-20-6-2-7-21-45)64-59(63-57)46-32-28-42(29-33-46)51-38-36-40-16-10-12-24-49(40)55(51)56-50-25-13-11-17-41(50)37-39-52(56)43-30-34-47(35-31-43)60-61-53-26-14-15-27-54(53)65(60)48-22-8-3-9-23-48/h1-39,57,59,63H,(H,62,64). The number of imidazole rings is 1. The highest BCUT2D eigenvalue weighted by molar-refractivity contribution is 6.15. The van der Waals surface area contributed by atoms with Gasteiger partial charge in [-0.1, -0.05) is 212 Å². The first-order chi connectivity index (χ1) is 32.2. The molecule has 308 valence electrons. The fourth-order valence-corrected chi connectivity index (χ4v) is 9.55. The predicted molar refractivity (Wildman–Crippen MR) is 269 cm³/mol. The average molecular weight is 834 g/mol. The van der Waals surface area contributed by atoms with Crippen LogP contribution in [0.3, 0.4) is 0 Å². The molecule has 0 saturated carbocycles. The quantitative estimate of drug-likeness (QED) is 0.160. The molecule has 12 rings (SSSR count). The topological polar surface area (TPSA) is 54.2 Å². The molecule has 5 nitrogen and oxygen atoms in total. The Morgan fingerprint density at radius 1 is 0.400 bits per heavy atom. The van der Waals surface area contributed by atoms with Crippen LogP contribution in [0.2, 0.25) is 0 Å². The van der Waals surface area contributed by atoms with Gasteiger partial charge >= 0.3 is 0 Å². The van der Waals surface area contributed by atoms with Crippen molar-refractivity contribution in [2.24, 2.45) is 4.99 Å². The SMILES string of the molecule is c1ccc(C2=NC(c3ccccc3)NC(c3ccc(-c4ccc5ccccc5c4-c4c(-c5ccc(-c6nc7ccccc7n6-c6ccccc6)cc5)ccc5ccccc45)cc3)N2)cc1. The second kappa shape index (κ2) is 16.4. The number of nitrogens with one attached hydrogen (secondary N) is 2. The van der Waals surface area contributed by atoms with Crippen molar-refractivity contribution >= 4 is 38.4 Å². The van der Waals surface area contributed by atoms with E-state index in [0.717, 1.165) is 61.8 Å². The number of para-hydroxylation sites is 3. The first-order valence-corrected chi connectivity index (χ1v) is 22.2. The van der Waals surface area contributed by atoms with Crippen LogP contribution in [-0.4, -0.2) is 15.4 Å². The van der Waals surface area contributed by atoms with Gasteiger partial charge in [0.25, 0.3) is 0 Å². The molecule has 0 spiro atoms. The average Bonchev–Trinajstić information content (AvgIpc) is 3.79. The van der Waals surface area contributed by atoms with E-state index in [0.29, 0.717) is 0 Å². The number of hydrogen-bond donors (Lipinski definition) is 2. The molecule has 11 aromatic rings. The molecular formula is C60H43N5. The second-order valence-electron chi connectivity index (χ2n) is 16.6. The monoisotopic (exact) mass is 833 g/mol. The highest BCUT2D eigenvalue weighted by Crippen LogP contribution is 2.46. The Hall–Kier alpha value is -8.38. The molecule has 0 fully saturated rings. The van der Waals surface area contributed by atoms with Crippen molar-refractivity contribution in [3.8, 4) is 50.5 Å². The summed E-state index contributed by atoms with van der Waals surface area (Å²) in [4.78, 5) is 10.3. The Labute approximate surface area is 378 Å². The number of amidine groups is 1. The van der Waals surface area contributed by atoms with E-state index in [9.17, 15) is 0 Å². The Morgan fingerprint density at radius 2 is 0.923 bits per heavy atom. The Balaban J connectivity index is 0.972. The molecule has 2 atom stereocenters. The third-order valence-electron chi connectivity index (χ3n) is 12.7. The van der Waals surface area contributed by atoms with E-state index in [1.807, 2.05) is 12.1 Å². The highest BCUT2D eigenvalue weighted by Gasteiger charge is 2.26. The van der Waals surface area contributed by atoms with Gasteiger partial charge in [-0.25, -0.2) is 9.98 Å². The van der Waals surface area contributed by atoms with Gasteiger partial charge in [0.15, 0.2) is 0 Å². The van der Waals surface area contributed by atoms with Crippen molar-refractivity contribution in [2.45, 2.75) is 12.3 Å². The number of rotatable bonds is 8. The molecule has 2 unspecified atom stereocenters. The predicted octanol–water partition coefficient (Wildman–Crippen LogP) is 14.3. The highest BCUT2D eigenvalue weighted by atomic mass is 15.3. The van der Waals surface area contributed by atoms with Gasteiger partial charge in [-0.05, 0) is 90.3 Å². The number of aromatic nitrogens is 2. The summed E-state index contributed by atoms with van der Waals surface area (Å²) in [5.41, 5.74) is 14.6. The number of benzene rings is 10. The summed E-state index contributed by atoms with van der Waals surface area (Å²) in [6.07, 6.45) is -0.358. The first-order valence-electron chi connectivity index (χ1n) is 22.2. The molecule has 0 radical (unpaired) electrons. The zero-order valence-corrected chi connectivity index (χ0v) is 35.5. The largest absolute Gasteiger partial charge is 0.350 e. The Kier molecular flexibility index (Phi) is 9.66. The van der Waals surface area contributed by atoms with Crippen LogP contribution in [0.4, 0.5) is 0 Å². The van der Waals surface area contributed by atoms with Gasteiger partial charge < -0.3 is 5.32 Å². The molecule has 2 N–H and O–H groups in total. The molecule has 10 aromatic carbocycles. The lowest BCUT2D eigenvalue weighted by Crippen LogP contribution is -2.44. The van der Waals surface area contributed by atoms with Crippen LogP contribution in [0.25, 0.3) is 83.0 Å². The molecule has 0 bridgehead atoms.